The molecular formula is C17H22N4O2. The van der Waals surface area contributed by atoms with Gasteiger partial charge in [0.1, 0.15) is 5.75 Å². The van der Waals surface area contributed by atoms with E-state index in [9.17, 15) is 4.79 Å². The fourth-order valence-corrected chi connectivity index (χ4v) is 2.84. The molecule has 0 N–H and O–H groups in total. The number of rotatable bonds is 4. The third kappa shape index (κ3) is 3.70. The molecule has 6 nitrogen and oxygen atoms in total. The molecule has 1 aliphatic rings. The highest BCUT2D eigenvalue weighted by Gasteiger charge is 2.22. The zero-order chi connectivity index (χ0) is 16.2. The van der Waals surface area contributed by atoms with Crippen molar-refractivity contribution in [1.82, 2.24) is 14.5 Å². The lowest BCUT2D eigenvalue weighted by molar-refractivity contribution is 0.222. The zero-order valence-electron chi connectivity index (χ0n) is 13.6. The molecule has 0 amide bonds. The van der Waals surface area contributed by atoms with Gasteiger partial charge in [-0.3, -0.25) is 9.78 Å². The molecule has 2 aromatic heterocycles. The largest absolute Gasteiger partial charge is 0.493 e. The van der Waals surface area contributed by atoms with Gasteiger partial charge in [-0.25, -0.2) is 4.98 Å². The van der Waals surface area contributed by atoms with Gasteiger partial charge in [0.05, 0.1) is 6.61 Å². The average molecular weight is 314 g/mol. The summed E-state index contributed by atoms with van der Waals surface area (Å²) in [6.45, 7) is 4.35. The summed E-state index contributed by atoms with van der Waals surface area (Å²) in [6, 6.07) is 3.84. The molecule has 2 aromatic rings. The number of pyridine rings is 1. The van der Waals surface area contributed by atoms with Gasteiger partial charge in [-0.2, -0.15) is 0 Å². The molecule has 1 saturated heterocycles. The van der Waals surface area contributed by atoms with Crippen molar-refractivity contribution in [3.63, 3.8) is 0 Å². The minimum atomic E-state index is -0.0329. The van der Waals surface area contributed by atoms with Crippen LogP contribution in [0.3, 0.4) is 0 Å². The number of aryl methyl sites for hydroxylation is 2. The van der Waals surface area contributed by atoms with E-state index in [4.69, 9.17) is 4.74 Å². The van der Waals surface area contributed by atoms with Gasteiger partial charge >= 0.3 is 0 Å². The molecule has 3 heterocycles. The molecule has 0 radical (unpaired) electrons. The number of anilines is 1. The second kappa shape index (κ2) is 6.81. The Morgan fingerprint density at radius 3 is 2.78 bits per heavy atom. The predicted octanol–water partition coefficient (Wildman–Crippen LogP) is 1.78. The van der Waals surface area contributed by atoms with Gasteiger partial charge in [0.25, 0.3) is 5.56 Å². The molecule has 0 unspecified atom stereocenters. The lowest BCUT2D eigenvalue weighted by Gasteiger charge is -2.32. The van der Waals surface area contributed by atoms with E-state index < -0.39 is 0 Å². The predicted molar refractivity (Wildman–Crippen MR) is 88.9 cm³/mol. The van der Waals surface area contributed by atoms with Crippen molar-refractivity contribution >= 4 is 5.82 Å². The van der Waals surface area contributed by atoms with Crippen LogP contribution in [-0.4, -0.2) is 34.2 Å². The maximum atomic E-state index is 12.1. The van der Waals surface area contributed by atoms with E-state index in [0.717, 1.165) is 37.4 Å². The Morgan fingerprint density at radius 1 is 1.26 bits per heavy atom. The van der Waals surface area contributed by atoms with Crippen LogP contribution in [0, 0.1) is 12.8 Å². The van der Waals surface area contributed by atoms with E-state index in [0.29, 0.717) is 18.3 Å². The van der Waals surface area contributed by atoms with Crippen LogP contribution in [0.15, 0.2) is 35.5 Å². The molecule has 0 bridgehead atoms. The first-order valence-electron chi connectivity index (χ1n) is 7.95. The van der Waals surface area contributed by atoms with Crippen molar-refractivity contribution in [2.24, 2.45) is 13.0 Å². The minimum Gasteiger partial charge on any atom is -0.493 e. The van der Waals surface area contributed by atoms with Gasteiger partial charge < -0.3 is 14.2 Å². The molecule has 0 spiro atoms. The van der Waals surface area contributed by atoms with Crippen LogP contribution < -0.4 is 15.2 Å². The molecule has 0 aromatic carbocycles. The fourth-order valence-electron chi connectivity index (χ4n) is 2.84. The molecule has 0 aliphatic carbocycles. The second-order valence-corrected chi connectivity index (χ2v) is 6.04. The summed E-state index contributed by atoms with van der Waals surface area (Å²) in [7, 11) is 1.75. The quantitative estimate of drug-likeness (QED) is 0.861. The molecule has 0 saturated carbocycles. The molecule has 122 valence electrons. The van der Waals surface area contributed by atoms with Crippen molar-refractivity contribution in [2.75, 3.05) is 24.6 Å². The number of hydrogen-bond acceptors (Lipinski definition) is 5. The lowest BCUT2D eigenvalue weighted by atomic mass is 9.98. The molecule has 1 fully saturated rings. The Labute approximate surface area is 135 Å². The number of ether oxygens (including phenoxy) is 1. The van der Waals surface area contributed by atoms with Gasteiger partial charge in [-0.1, -0.05) is 0 Å². The van der Waals surface area contributed by atoms with E-state index in [1.54, 1.807) is 30.2 Å². The van der Waals surface area contributed by atoms with Crippen LogP contribution >= 0.6 is 0 Å². The fraction of sp³-hybridized carbons (Fsp3) is 0.471. The van der Waals surface area contributed by atoms with Gasteiger partial charge in [0.2, 0.25) is 0 Å². The van der Waals surface area contributed by atoms with E-state index in [2.05, 4.69) is 14.9 Å². The van der Waals surface area contributed by atoms with Gasteiger partial charge in [-0.15, -0.1) is 0 Å². The Bertz CT molecular complexity index is 721. The van der Waals surface area contributed by atoms with E-state index in [1.807, 2.05) is 19.1 Å². The number of nitrogens with zero attached hydrogens (tertiary/aromatic N) is 4. The molecule has 0 atom stereocenters. The molecular weight excluding hydrogens is 292 g/mol. The molecule has 3 rings (SSSR count). The SMILES string of the molecule is Cc1cc(OCC2CCN(c3nccn(C)c3=O)CC2)ccn1. The van der Waals surface area contributed by atoms with Gasteiger partial charge in [-0.05, 0) is 31.7 Å². The van der Waals surface area contributed by atoms with Crippen LogP contribution in [0.2, 0.25) is 0 Å². The molecule has 1 aliphatic heterocycles. The average Bonchev–Trinajstić information content (AvgIpc) is 2.56. The van der Waals surface area contributed by atoms with Crippen molar-refractivity contribution in [2.45, 2.75) is 19.8 Å². The van der Waals surface area contributed by atoms with Crippen LogP contribution in [0.4, 0.5) is 5.82 Å². The van der Waals surface area contributed by atoms with Gasteiger partial charge in [0.15, 0.2) is 5.82 Å². The van der Waals surface area contributed by atoms with E-state index >= 15 is 0 Å². The topological polar surface area (TPSA) is 60.2 Å². The highest BCUT2D eigenvalue weighted by Crippen LogP contribution is 2.21. The smallest absolute Gasteiger partial charge is 0.293 e. The van der Waals surface area contributed by atoms with Crippen molar-refractivity contribution < 1.29 is 4.74 Å². The van der Waals surface area contributed by atoms with Crippen molar-refractivity contribution in [3.8, 4) is 5.75 Å². The first kappa shape index (κ1) is 15.5. The number of aromatic nitrogens is 3. The van der Waals surface area contributed by atoms with E-state index in [-0.39, 0.29) is 5.56 Å². The summed E-state index contributed by atoms with van der Waals surface area (Å²) in [5.74, 6) is 1.94. The zero-order valence-corrected chi connectivity index (χ0v) is 13.6. The standard InChI is InChI=1S/C17H22N4O2/c1-13-11-15(3-6-18-13)23-12-14-4-8-21(9-5-14)16-17(22)20(2)10-7-19-16/h3,6-7,10-11,14H,4-5,8-9,12H2,1-2H3. The first-order chi connectivity index (χ1) is 11.1. The van der Waals surface area contributed by atoms with Crippen LogP contribution in [0.25, 0.3) is 0 Å². The summed E-state index contributed by atoms with van der Waals surface area (Å²) in [6.07, 6.45) is 7.14. The van der Waals surface area contributed by atoms with E-state index in [1.165, 1.54) is 0 Å². The molecule has 6 heteroatoms. The minimum absolute atomic E-state index is 0.0329. The van der Waals surface area contributed by atoms with Crippen LogP contribution in [-0.2, 0) is 7.05 Å². The first-order valence-corrected chi connectivity index (χ1v) is 7.95. The third-order valence-electron chi connectivity index (χ3n) is 4.27. The Hall–Kier alpha value is -2.37. The van der Waals surface area contributed by atoms with Crippen LogP contribution in [0.5, 0.6) is 5.75 Å². The summed E-state index contributed by atoms with van der Waals surface area (Å²) in [5.41, 5.74) is 0.928. The maximum absolute atomic E-state index is 12.1. The highest BCUT2D eigenvalue weighted by molar-refractivity contribution is 5.36. The number of hydrogen-bond donors (Lipinski definition) is 0. The van der Waals surface area contributed by atoms with Crippen LogP contribution in [0.1, 0.15) is 18.5 Å². The molecule has 23 heavy (non-hydrogen) atoms. The Balaban J connectivity index is 1.54. The maximum Gasteiger partial charge on any atom is 0.293 e. The Morgan fingerprint density at radius 2 is 2.04 bits per heavy atom. The Kier molecular flexibility index (Phi) is 4.60. The summed E-state index contributed by atoms with van der Waals surface area (Å²) in [4.78, 5) is 22.6. The summed E-state index contributed by atoms with van der Waals surface area (Å²) in [5, 5.41) is 0. The lowest BCUT2D eigenvalue weighted by Crippen LogP contribution is -2.39. The van der Waals surface area contributed by atoms with Gasteiger partial charge in [0, 0.05) is 50.5 Å². The second-order valence-electron chi connectivity index (χ2n) is 6.04. The number of piperidine rings is 1. The summed E-state index contributed by atoms with van der Waals surface area (Å²) < 4.78 is 7.44. The summed E-state index contributed by atoms with van der Waals surface area (Å²) >= 11 is 0. The monoisotopic (exact) mass is 314 g/mol. The normalized spacial score (nSPS) is 15.7. The third-order valence-corrected chi connectivity index (χ3v) is 4.27. The van der Waals surface area contributed by atoms with Crippen molar-refractivity contribution in [1.29, 1.82) is 0 Å². The van der Waals surface area contributed by atoms with Crippen molar-refractivity contribution in [3.05, 3.63) is 46.8 Å². The highest BCUT2D eigenvalue weighted by atomic mass is 16.5.